The highest BCUT2D eigenvalue weighted by Gasteiger charge is 2.53. The SMILES string of the molecule is Cc1[nH]c2ccccc2c1C1(C(=O)Nc2ccc(N3CCN(C)CC3)cc2)CC1. The number of H-pyrrole nitrogens is 1. The number of para-hydroxylation sites is 1. The van der Waals surface area contributed by atoms with E-state index in [0.717, 1.165) is 55.9 Å². The van der Waals surface area contributed by atoms with Gasteiger partial charge >= 0.3 is 0 Å². The Morgan fingerprint density at radius 2 is 1.69 bits per heavy atom. The van der Waals surface area contributed by atoms with Crippen LogP contribution in [0, 0.1) is 6.92 Å². The predicted molar refractivity (Wildman–Crippen MR) is 119 cm³/mol. The molecule has 2 fully saturated rings. The van der Waals surface area contributed by atoms with Gasteiger partial charge in [0, 0.05) is 54.2 Å². The molecule has 1 saturated carbocycles. The topological polar surface area (TPSA) is 51.4 Å². The third kappa shape index (κ3) is 3.19. The van der Waals surface area contributed by atoms with E-state index in [9.17, 15) is 4.79 Å². The highest BCUT2D eigenvalue weighted by molar-refractivity contribution is 6.05. The van der Waals surface area contributed by atoms with E-state index in [4.69, 9.17) is 0 Å². The van der Waals surface area contributed by atoms with E-state index in [-0.39, 0.29) is 5.91 Å². The Balaban J connectivity index is 1.34. The molecular formula is C24H28N4O. The maximum atomic E-state index is 13.3. The summed E-state index contributed by atoms with van der Waals surface area (Å²) in [6.45, 7) is 6.35. The molecule has 2 heterocycles. The minimum Gasteiger partial charge on any atom is -0.369 e. The van der Waals surface area contributed by atoms with E-state index in [1.165, 1.54) is 16.6 Å². The van der Waals surface area contributed by atoms with Gasteiger partial charge in [-0.15, -0.1) is 0 Å². The van der Waals surface area contributed by atoms with Gasteiger partial charge in [-0.05, 0) is 62.7 Å². The second kappa shape index (κ2) is 6.92. The van der Waals surface area contributed by atoms with Gasteiger partial charge in [-0.25, -0.2) is 0 Å². The van der Waals surface area contributed by atoms with Gasteiger partial charge < -0.3 is 20.1 Å². The number of hydrogen-bond acceptors (Lipinski definition) is 3. The number of carbonyl (C=O) groups excluding carboxylic acids is 1. The smallest absolute Gasteiger partial charge is 0.235 e. The van der Waals surface area contributed by atoms with Gasteiger partial charge in [-0.3, -0.25) is 4.79 Å². The highest BCUT2D eigenvalue weighted by atomic mass is 16.2. The van der Waals surface area contributed by atoms with Crippen LogP contribution in [-0.4, -0.2) is 49.0 Å². The number of piperazine rings is 1. The fourth-order valence-corrected chi connectivity index (χ4v) is 4.68. The molecule has 2 aromatic carbocycles. The van der Waals surface area contributed by atoms with Gasteiger partial charge in [0.25, 0.3) is 0 Å². The second-order valence-corrected chi connectivity index (χ2v) is 8.54. The molecule has 5 nitrogen and oxygen atoms in total. The molecule has 0 bridgehead atoms. The molecule has 1 saturated heterocycles. The zero-order chi connectivity index (χ0) is 20.0. The van der Waals surface area contributed by atoms with Gasteiger partial charge in [-0.2, -0.15) is 0 Å². The van der Waals surface area contributed by atoms with Crippen molar-refractivity contribution in [3.8, 4) is 0 Å². The van der Waals surface area contributed by atoms with Crippen LogP contribution >= 0.6 is 0 Å². The molecule has 2 aliphatic rings. The number of hydrogen-bond donors (Lipinski definition) is 2. The Morgan fingerprint density at radius 3 is 2.38 bits per heavy atom. The van der Waals surface area contributed by atoms with Crippen molar-refractivity contribution in [2.75, 3.05) is 43.4 Å². The van der Waals surface area contributed by atoms with E-state index in [0.29, 0.717) is 0 Å². The van der Waals surface area contributed by atoms with Crippen molar-refractivity contribution >= 4 is 28.2 Å². The molecule has 0 spiro atoms. The number of aromatic amines is 1. The summed E-state index contributed by atoms with van der Waals surface area (Å²) in [6.07, 6.45) is 1.81. The first kappa shape index (κ1) is 18.3. The molecule has 2 N–H and O–H groups in total. The van der Waals surface area contributed by atoms with Crippen molar-refractivity contribution in [1.82, 2.24) is 9.88 Å². The maximum Gasteiger partial charge on any atom is 0.235 e. The molecule has 150 valence electrons. The lowest BCUT2D eigenvalue weighted by Crippen LogP contribution is -2.44. The summed E-state index contributed by atoms with van der Waals surface area (Å²) in [5.41, 5.74) is 5.07. The van der Waals surface area contributed by atoms with E-state index in [1.54, 1.807) is 0 Å². The molecule has 0 radical (unpaired) electrons. The number of carbonyl (C=O) groups is 1. The average Bonchev–Trinajstić information content (AvgIpc) is 3.45. The quantitative estimate of drug-likeness (QED) is 0.713. The van der Waals surface area contributed by atoms with Crippen LogP contribution in [0.15, 0.2) is 48.5 Å². The molecule has 1 amide bonds. The van der Waals surface area contributed by atoms with Gasteiger partial charge in [0.05, 0.1) is 5.41 Å². The number of aryl methyl sites for hydroxylation is 1. The molecule has 3 aromatic rings. The van der Waals surface area contributed by atoms with Gasteiger partial charge in [0.15, 0.2) is 0 Å². The van der Waals surface area contributed by atoms with Gasteiger partial charge in [0.1, 0.15) is 0 Å². The third-order valence-electron chi connectivity index (χ3n) is 6.55. The van der Waals surface area contributed by atoms with E-state index in [2.05, 4.69) is 58.3 Å². The lowest BCUT2D eigenvalue weighted by molar-refractivity contribution is -0.118. The summed E-state index contributed by atoms with van der Waals surface area (Å²) in [7, 11) is 2.17. The monoisotopic (exact) mass is 388 g/mol. The number of amides is 1. The molecule has 5 heteroatoms. The minimum absolute atomic E-state index is 0.109. The van der Waals surface area contributed by atoms with Crippen LogP contribution in [0.4, 0.5) is 11.4 Å². The fourth-order valence-electron chi connectivity index (χ4n) is 4.68. The number of fused-ring (bicyclic) bond motifs is 1. The Morgan fingerprint density at radius 1 is 1.00 bits per heavy atom. The Hall–Kier alpha value is -2.79. The number of rotatable bonds is 4. The van der Waals surface area contributed by atoms with E-state index >= 15 is 0 Å². The number of likely N-dealkylation sites (N-methyl/N-ethyl adjacent to an activating group) is 1. The van der Waals surface area contributed by atoms with Crippen LogP contribution in [0.1, 0.15) is 24.1 Å². The van der Waals surface area contributed by atoms with E-state index in [1.807, 2.05) is 24.3 Å². The number of nitrogens with zero attached hydrogens (tertiary/aromatic N) is 2. The molecule has 1 aliphatic carbocycles. The summed E-state index contributed by atoms with van der Waals surface area (Å²) in [6, 6.07) is 16.6. The first-order valence-corrected chi connectivity index (χ1v) is 10.5. The third-order valence-corrected chi connectivity index (χ3v) is 6.55. The molecule has 1 aliphatic heterocycles. The largest absolute Gasteiger partial charge is 0.369 e. The minimum atomic E-state index is -0.403. The molecule has 0 atom stereocenters. The van der Waals surface area contributed by atoms with Crippen LogP contribution in [0.3, 0.4) is 0 Å². The van der Waals surface area contributed by atoms with Crippen LogP contribution in [0.25, 0.3) is 10.9 Å². The van der Waals surface area contributed by atoms with Crippen LogP contribution < -0.4 is 10.2 Å². The van der Waals surface area contributed by atoms with E-state index < -0.39 is 5.41 Å². The van der Waals surface area contributed by atoms with Crippen LogP contribution in [0.5, 0.6) is 0 Å². The van der Waals surface area contributed by atoms with Crippen molar-refractivity contribution < 1.29 is 4.79 Å². The Bertz CT molecular complexity index is 1040. The summed E-state index contributed by atoms with van der Waals surface area (Å²) >= 11 is 0. The fraction of sp³-hybridized carbons (Fsp3) is 0.375. The van der Waals surface area contributed by atoms with Gasteiger partial charge in [-0.1, -0.05) is 18.2 Å². The first-order valence-electron chi connectivity index (χ1n) is 10.5. The zero-order valence-electron chi connectivity index (χ0n) is 17.2. The van der Waals surface area contributed by atoms with Crippen LogP contribution in [-0.2, 0) is 10.2 Å². The summed E-state index contributed by atoms with van der Waals surface area (Å²) in [5.74, 6) is 0.109. The summed E-state index contributed by atoms with van der Waals surface area (Å²) < 4.78 is 0. The standard InChI is InChI=1S/C24H28N4O/c1-17-22(20-5-3-4-6-21(20)25-17)24(11-12-24)23(29)26-18-7-9-19(10-8-18)28-15-13-27(2)14-16-28/h3-10,25H,11-16H2,1-2H3,(H,26,29). The molecular weight excluding hydrogens is 360 g/mol. The summed E-state index contributed by atoms with van der Waals surface area (Å²) in [4.78, 5) is 21.5. The lowest BCUT2D eigenvalue weighted by Gasteiger charge is -2.34. The number of aromatic nitrogens is 1. The van der Waals surface area contributed by atoms with Crippen molar-refractivity contribution in [2.45, 2.75) is 25.2 Å². The Kier molecular flexibility index (Phi) is 4.36. The average molecular weight is 389 g/mol. The lowest BCUT2D eigenvalue weighted by atomic mass is 9.92. The van der Waals surface area contributed by atoms with Crippen molar-refractivity contribution in [1.29, 1.82) is 0 Å². The molecule has 0 unspecified atom stereocenters. The first-order chi connectivity index (χ1) is 14.1. The van der Waals surface area contributed by atoms with Crippen molar-refractivity contribution in [3.05, 3.63) is 59.8 Å². The zero-order valence-corrected chi connectivity index (χ0v) is 17.2. The maximum absolute atomic E-state index is 13.3. The second-order valence-electron chi connectivity index (χ2n) is 8.54. The Labute approximate surface area is 171 Å². The molecule has 5 rings (SSSR count). The van der Waals surface area contributed by atoms with Gasteiger partial charge in [0.2, 0.25) is 5.91 Å². The number of anilines is 2. The highest BCUT2D eigenvalue weighted by Crippen LogP contribution is 2.52. The normalized spacial score (nSPS) is 18.8. The predicted octanol–water partition coefficient (Wildman–Crippen LogP) is 3.90. The van der Waals surface area contributed by atoms with Crippen molar-refractivity contribution in [2.24, 2.45) is 0 Å². The van der Waals surface area contributed by atoms with Crippen molar-refractivity contribution in [3.63, 3.8) is 0 Å². The number of nitrogens with one attached hydrogen (secondary N) is 2. The van der Waals surface area contributed by atoms with Crippen LogP contribution in [0.2, 0.25) is 0 Å². The molecule has 1 aromatic heterocycles. The number of benzene rings is 2. The molecule has 29 heavy (non-hydrogen) atoms. The summed E-state index contributed by atoms with van der Waals surface area (Å²) in [5, 5.41) is 4.35.